The lowest BCUT2D eigenvalue weighted by Gasteiger charge is -2.35. The summed E-state index contributed by atoms with van der Waals surface area (Å²) in [5.41, 5.74) is 1.05. The smallest absolute Gasteiger partial charge is 0.262 e. The highest BCUT2D eigenvalue weighted by Crippen LogP contribution is 2.31. The first-order valence-corrected chi connectivity index (χ1v) is 11.7. The van der Waals surface area contributed by atoms with Gasteiger partial charge in [0.15, 0.2) is 5.13 Å². The number of amides is 2. The van der Waals surface area contributed by atoms with Gasteiger partial charge >= 0.3 is 0 Å². The van der Waals surface area contributed by atoms with Crippen LogP contribution in [-0.4, -0.2) is 46.8 Å². The van der Waals surface area contributed by atoms with Crippen molar-refractivity contribution in [3.8, 4) is 0 Å². The zero-order chi connectivity index (χ0) is 20.9. The molecular formula is C22H29N5O2S. The summed E-state index contributed by atoms with van der Waals surface area (Å²) in [6.07, 6.45) is 9.25. The van der Waals surface area contributed by atoms with Crippen molar-refractivity contribution in [3.63, 3.8) is 0 Å². The topological polar surface area (TPSA) is 87.2 Å². The normalized spacial score (nSPS) is 18.2. The maximum absolute atomic E-state index is 12.8. The lowest BCUT2D eigenvalue weighted by atomic mass is 9.86. The predicted molar refractivity (Wildman–Crippen MR) is 118 cm³/mol. The van der Waals surface area contributed by atoms with E-state index in [9.17, 15) is 9.59 Å². The first-order valence-electron chi connectivity index (χ1n) is 10.8. The third-order valence-electron chi connectivity index (χ3n) is 6.14. The molecule has 1 saturated carbocycles. The second kappa shape index (κ2) is 9.55. The number of carbonyl (C=O) groups is 2. The molecule has 0 bridgehead atoms. The quantitative estimate of drug-likeness (QED) is 0.755. The number of anilines is 2. The van der Waals surface area contributed by atoms with Crippen molar-refractivity contribution >= 4 is 34.1 Å². The van der Waals surface area contributed by atoms with E-state index in [-0.39, 0.29) is 11.8 Å². The summed E-state index contributed by atoms with van der Waals surface area (Å²) in [7, 11) is 1.61. The third kappa shape index (κ3) is 4.80. The Morgan fingerprint density at radius 3 is 2.60 bits per heavy atom. The third-order valence-corrected chi connectivity index (χ3v) is 7.05. The number of likely N-dealkylation sites (tertiary alicyclic amines) is 1. The van der Waals surface area contributed by atoms with E-state index in [2.05, 4.69) is 26.6 Å². The molecule has 1 aliphatic heterocycles. The van der Waals surface area contributed by atoms with Crippen LogP contribution in [0.1, 0.15) is 66.2 Å². The lowest BCUT2D eigenvalue weighted by molar-refractivity contribution is -0.137. The van der Waals surface area contributed by atoms with Gasteiger partial charge in [-0.1, -0.05) is 36.7 Å². The summed E-state index contributed by atoms with van der Waals surface area (Å²) in [5.74, 6) is 1.56. The molecule has 4 rings (SSSR count). The van der Waals surface area contributed by atoms with Crippen molar-refractivity contribution in [1.29, 1.82) is 0 Å². The molecule has 1 saturated heterocycles. The number of pyridine rings is 1. The number of nitrogens with zero attached hydrogens (tertiary/aromatic N) is 3. The molecule has 8 heteroatoms. The van der Waals surface area contributed by atoms with Crippen LogP contribution in [-0.2, 0) is 4.79 Å². The van der Waals surface area contributed by atoms with Crippen molar-refractivity contribution < 1.29 is 9.59 Å². The van der Waals surface area contributed by atoms with Crippen LogP contribution in [0, 0.1) is 5.92 Å². The van der Waals surface area contributed by atoms with Gasteiger partial charge in [-0.25, -0.2) is 9.97 Å². The monoisotopic (exact) mass is 427 g/mol. The van der Waals surface area contributed by atoms with Crippen molar-refractivity contribution in [2.75, 3.05) is 25.5 Å². The SMILES string of the molecule is CNC(=O)c1cnc(Nc2cccc(C3CCN(C(=O)C4CCCCC4)CC3)n2)s1. The van der Waals surface area contributed by atoms with Gasteiger partial charge < -0.3 is 15.5 Å². The number of piperidine rings is 1. The van der Waals surface area contributed by atoms with Crippen molar-refractivity contribution in [2.24, 2.45) is 5.92 Å². The molecule has 2 N–H and O–H groups in total. The van der Waals surface area contributed by atoms with E-state index in [1.54, 1.807) is 13.2 Å². The van der Waals surface area contributed by atoms with E-state index < -0.39 is 0 Å². The number of aromatic nitrogens is 2. The van der Waals surface area contributed by atoms with Crippen LogP contribution in [0.25, 0.3) is 0 Å². The number of rotatable bonds is 5. The Balaban J connectivity index is 1.35. The molecule has 0 unspecified atom stereocenters. The number of nitrogens with one attached hydrogen (secondary N) is 2. The Morgan fingerprint density at radius 2 is 1.87 bits per heavy atom. The summed E-state index contributed by atoms with van der Waals surface area (Å²) in [6, 6.07) is 5.97. The number of carbonyl (C=O) groups excluding carboxylic acids is 2. The maximum Gasteiger partial charge on any atom is 0.262 e. The van der Waals surface area contributed by atoms with Gasteiger partial charge in [0.1, 0.15) is 10.7 Å². The van der Waals surface area contributed by atoms with E-state index in [0.717, 1.165) is 50.3 Å². The van der Waals surface area contributed by atoms with Gasteiger partial charge in [-0.3, -0.25) is 9.59 Å². The predicted octanol–water partition coefficient (Wildman–Crippen LogP) is 3.93. The van der Waals surface area contributed by atoms with Gasteiger partial charge in [0.2, 0.25) is 5.91 Å². The standard InChI is InChI=1S/C22H29N5O2S/c1-23-20(28)18-14-24-22(30-18)26-19-9-5-8-17(25-19)15-10-12-27(13-11-15)21(29)16-6-3-2-4-7-16/h5,8-9,14-16H,2-4,6-7,10-13H2,1H3,(H,23,28)(H,24,25,26). The molecule has 3 heterocycles. The molecule has 7 nitrogen and oxygen atoms in total. The van der Waals surface area contributed by atoms with Crippen LogP contribution in [0.5, 0.6) is 0 Å². The van der Waals surface area contributed by atoms with Crippen molar-refractivity contribution in [2.45, 2.75) is 50.9 Å². The van der Waals surface area contributed by atoms with Crippen LogP contribution in [0.3, 0.4) is 0 Å². The molecule has 0 radical (unpaired) electrons. The molecule has 0 aromatic carbocycles. The van der Waals surface area contributed by atoms with E-state index in [4.69, 9.17) is 4.98 Å². The molecule has 160 valence electrons. The highest BCUT2D eigenvalue weighted by atomic mass is 32.1. The van der Waals surface area contributed by atoms with Crippen molar-refractivity contribution in [3.05, 3.63) is 35.0 Å². The average molecular weight is 428 g/mol. The number of thiazole rings is 1. The number of hydrogen-bond acceptors (Lipinski definition) is 6. The van der Waals surface area contributed by atoms with E-state index >= 15 is 0 Å². The zero-order valence-electron chi connectivity index (χ0n) is 17.4. The fourth-order valence-corrected chi connectivity index (χ4v) is 5.19. The average Bonchev–Trinajstić information content (AvgIpc) is 3.27. The highest BCUT2D eigenvalue weighted by molar-refractivity contribution is 7.17. The minimum Gasteiger partial charge on any atom is -0.354 e. The Morgan fingerprint density at radius 1 is 1.10 bits per heavy atom. The molecule has 1 aliphatic carbocycles. The molecule has 2 fully saturated rings. The van der Waals surface area contributed by atoms with Gasteiger partial charge in [-0.2, -0.15) is 0 Å². The van der Waals surface area contributed by atoms with E-state index in [0.29, 0.717) is 21.8 Å². The van der Waals surface area contributed by atoms with E-state index in [1.165, 1.54) is 30.6 Å². The largest absolute Gasteiger partial charge is 0.354 e. The van der Waals surface area contributed by atoms with Gasteiger partial charge in [0, 0.05) is 37.7 Å². The molecule has 2 aliphatic rings. The number of hydrogen-bond donors (Lipinski definition) is 2. The second-order valence-corrected chi connectivity index (χ2v) is 9.15. The summed E-state index contributed by atoms with van der Waals surface area (Å²) in [6.45, 7) is 1.64. The van der Waals surface area contributed by atoms with Crippen LogP contribution < -0.4 is 10.6 Å². The summed E-state index contributed by atoms with van der Waals surface area (Å²) >= 11 is 1.30. The fraction of sp³-hybridized carbons (Fsp3) is 0.545. The van der Waals surface area contributed by atoms with Gasteiger partial charge in [0.05, 0.1) is 6.20 Å². The summed E-state index contributed by atoms with van der Waals surface area (Å²) in [4.78, 5) is 36.2. The molecule has 2 aromatic heterocycles. The molecule has 0 atom stereocenters. The fourth-order valence-electron chi connectivity index (χ4n) is 4.42. The minimum absolute atomic E-state index is 0.142. The van der Waals surface area contributed by atoms with E-state index in [1.807, 2.05) is 12.1 Å². The Kier molecular flexibility index (Phi) is 6.62. The van der Waals surface area contributed by atoms with Gasteiger partial charge in [0.25, 0.3) is 5.91 Å². The van der Waals surface area contributed by atoms with Crippen molar-refractivity contribution in [1.82, 2.24) is 20.2 Å². The first-order chi connectivity index (χ1) is 14.6. The van der Waals surface area contributed by atoms with Crippen LogP contribution in [0.15, 0.2) is 24.4 Å². The minimum atomic E-state index is -0.142. The Hall–Kier alpha value is -2.48. The molecular weight excluding hydrogens is 398 g/mol. The lowest BCUT2D eigenvalue weighted by Crippen LogP contribution is -2.42. The van der Waals surface area contributed by atoms with Crippen LogP contribution in [0.4, 0.5) is 10.9 Å². The molecule has 30 heavy (non-hydrogen) atoms. The highest BCUT2D eigenvalue weighted by Gasteiger charge is 2.30. The molecule has 2 amide bonds. The summed E-state index contributed by atoms with van der Waals surface area (Å²) in [5, 5.41) is 6.45. The van der Waals surface area contributed by atoms with Gasteiger partial charge in [-0.15, -0.1) is 0 Å². The first kappa shape index (κ1) is 20.8. The molecule has 0 spiro atoms. The second-order valence-electron chi connectivity index (χ2n) is 8.12. The Labute approximate surface area is 181 Å². The Bertz CT molecular complexity index is 885. The molecule has 2 aromatic rings. The van der Waals surface area contributed by atoms with Gasteiger partial charge in [-0.05, 0) is 37.8 Å². The maximum atomic E-state index is 12.8. The summed E-state index contributed by atoms with van der Waals surface area (Å²) < 4.78 is 0. The zero-order valence-corrected chi connectivity index (χ0v) is 18.2. The van der Waals surface area contributed by atoms with Crippen LogP contribution in [0.2, 0.25) is 0 Å². The van der Waals surface area contributed by atoms with Crippen LogP contribution >= 0.6 is 11.3 Å².